The number of carbonyl (C=O) groups excluding carboxylic acids is 1. The molecule has 3 aromatic rings. The Bertz CT molecular complexity index is 841. The molecule has 0 saturated carbocycles. The van der Waals surface area contributed by atoms with Crippen LogP contribution in [0, 0.1) is 6.92 Å². The van der Waals surface area contributed by atoms with Crippen molar-refractivity contribution >= 4 is 11.6 Å². The Balaban J connectivity index is 1.58. The molecule has 0 unspecified atom stereocenters. The van der Waals surface area contributed by atoms with Crippen molar-refractivity contribution in [3.05, 3.63) is 72.1 Å². The maximum absolute atomic E-state index is 12.1. The topological polar surface area (TPSA) is 67.2 Å². The van der Waals surface area contributed by atoms with E-state index in [4.69, 9.17) is 0 Å². The molecule has 122 valence electrons. The zero-order valence-corrected chi connectivity index (χ0v) is 13.4. The molecule has 1 amide bonds. The second-order valence-corrected chi connectivity index (χ2v) is 5.70. The summed E-state index contributed by atoms with van der Waals surface area (Å²) < 4.78 is 1.79. The monoisotopic (exact) mass is 321 g/mol. The summed E-state index contributed by atoms with van der Waals surface area (Å²) in [6.07, 6.45) is 4.61. The van der Waals surface area contributed by atoms with Crippen LogP contribution in [-0.2, 0) is 11.2 Å². The van der Waals surface area contributed by atoms with Gasteiger partial charge in [-0.05, 0) is 48.7 Å². The predicted molar refractivity (Wildman–Crippen MR) is 93.4 cm³/mol. The fourth-order valence-corrected chi connectivity index (χ4v) is 2.43. The largest absolute Gasteiger partial charge is 0.506 e. The van der Waals surface area contributed by atoms with Gasteiger partial charge in [0.1, 0.15) is 5.75 Å². The Labute approximate surface area is 140 Å². The lowest BCUT2D eigenvalue weighted by molar-refractivity contribution is -0.116. The smallest absolute Gasteiger partial charge is 0.224 e. The number of phenolic OH excluding ortho intramolecular Hbond substituents is 1. The number of hydrogen-bond acceptors (Lipinski definition) is 3. The van der Waals surface area contributed by atoms with Crippen LogP contribution in [0.3, 0.4) is 0 Å². The fraction of sp³-hybridized carbons (Fsp3) is 0.158. The number of rotatable bonds is 5. The summed E-state index contributed by atoms with van der Waals surface area (Å²) in [7, 11) is 0. The van der Waals surface area contributed by atoms with E-state index in [9.17, 15) is 9.90 Å². The van der Waals surface area contributed by atoms with Crippen molar-refractivity contribution in [2.24, 2.45) is 0 Å². The number of amides is 1. The van der Waals surface area contributed by atoms with Crippen molar-refractivity contribution in [3.8, 4) is 11.4 Å². The fourth-order valence-electron chi connectivity index (χ4n) is 2.43. The second-order valence-electron chi connectivity index (χ2n) is 5.70. The molecule has 2 N–H and O–H groups in total. The first-order valence-corrected chi connectivity index (χ1v) is 7.80. The van der Waals surface area contributed by atoms with Gasteiger partial charge in [-0.2, -0.15) is 5.10 Å². The Hall–Kier alpha value is -3.08. The van der Waals surface area contributed by atoms with Crippen molar-refractivity contribution in [2.75, 3.05) is 5.32 Å². The number of aromatic hydroxyl groups is 1. The summed E-state index contributed by atoms with van der Waals surface area (Å²) in [5, 5.41) is 16.9. The van der Waals surface area contributed by atoms with Gasteiger partial charge in [-0.15, -0.1) is 0 Å². The average Bonchev–Trinajstić information content (AvgIpc) is 3.05. The van der Waals surface area contributed by atoms with Crippen molar-refractivity contribution in [1.29, 1.82) is 0 Å². The molecular formula is C19H19N3O2. The highest BCUT2D eigenvalue weighted by molar-refractivity contribution is 5.92. The molecule has 0 saturated heterocycles. The van der Waals surface area contributed by atoms with Crippen molar-refractivity contribution < 1.29 is 9.90 Å². The van der Waals surface area contributed by atoms with Gasteiger partial charge in [0.15, 0.2) is 0 Å². The highest BCUT2D eigenvalue weighted by Gasteiger charge is 2.08. The number of carbonyl (C=O) groups is 1. The maximum atomic E-state index is 12.1. The highest BCUT2D eigenvalue weighted by Crippen LogP contribution is 2.24. The summed E-state index contributed by atoms with van der Waals surface area (Å²) >= 11 is 0. The van der Waals surface area contributed by atoms with E-state index in [1.165, 1.54) is 0 Å². The van der Waals surface area contributed by atoms with E-state index in [-0.39, 0.29) is 11.7 Å². The molecule has 24 heavy (non-hydrogen) atoms. The van der Waals surface area contributed by atoms with Gasteiger partial charge < -0.3 is 10.4 Å². The lowest BCUT2D eigenvalue weighted by atomic mass is 10.1. The standard InChI is InChI=1S/C19H19N3O2/c1-14-7-9-17(18(23)11-14)21-19(24)10-8-15-12-20-22(13-15)16-5-3-2-4-6-16/h2-7,9,11-13,23H,8,10H2,1H3,(H,21,24). The van der Waals surface area contributed by atoms with Gasteiger partial charge in [0.25, 0.3) is 0 Å². The van der Waals surface area contributed by atoms with E-state index in [0.29, 0.717) is 18.5 Å². The number of hydrogen-bond donors (Lipinski definition) is 2. The van der Waals surface area contributed by atoms with Crippen LogP contribution in [0.5, 0.6) is 5.75 Å². The molecule has 0 spiro atoms. The number of nitrogens with one attached hydrogen (secondary N) is 1. The minimum Gasteiger partial charge on any atom is -0.506 e. The lowest BCUT2D eigenvalue weighted by Gasteiger charge is -2.07. The average molecular weight is 321 g/mol. The molecule has 0 aliphatic heterocycles. The van der Waals surface area contributed by atoms with E-state index in [1.54, 1.807) is 23.0 Å². The molecule has 5 nitrogen and oxygen atoms in total. The minimum atomic E-state index is -0.137. The summed E-state index contributed by atoms with van der Waals surface area (Å²) in [6.45, 7) is 1.88. The number of nitrogens with zero attached hydrogens (tertiary/aromatic N) is 2. The molecule has 0 atom stereocenters. The van der Waals surface area contributed by atoms with Crippen molar-refractivity contribution in [1.82, 2.24) is 9.78 Å². The molecule has 0 bridgehead atoms. The van der Waals surface area contributed by atoms with Gasteiger partial charge in [-0.1, -0.05) is 24.3 Å². The number of para-hydroxylation sites is 1. The molecule has 1 heterocycles. The number of benzene rings is 2. The Morgan fingerprint density at radius 3 is 2.75 bits per heavy atom. The Morgan fingerprint density at radius 2 is 2.00 bits per heavy atom. The SMILES string of the molecule is Cc1ccc(NC(=O)CCc2cnn(-c3ccccc3)c2)c(O)c1. The van der Waals surface area contributed by atoms with Gasteiger partial charge in [0.2, 0.25) is 5.91 Å². The normalized spacial score (nSPS) is 10.5. The first kappa shape index (κ1) is 15.8. The van der Waals surface area contributed by atoms with Crippen LogP contribution in [0.2, 0.25) is 0 Å². The molecule has 0 aliphatic carbocycles. The number of anilines is 1. The molecule has 3 rings (SSSR count). The molecule has 1 aromatic heterocycles. The lowest BCUT2D eigenvalue weighted by Crippen LogP contribution is -2.12. The zero-order chi connectivity index (χ0) is 16.9. The number of aryl methyl sites for hydroxylation is 2. The molecule has 0 radical (unpaired) electrons. The molecule has 0 fully saturated rings. The van der Waals surface area contributed by atoms with Crippen LogP contribution in [0.1, 0.15) is 17.5 Å². The van der Waals surface area contributed by atoms with E-state index < -0.39 is 0 Å². The van der Waals surface area contributed by atoms with Crippen molar-refractivity contribution in [3.63, 3.8) is 0 Å². The Kier molecular flexibility index (Phi) is 4.61. The number of phenols is 1. The van der Waals surface area contributed by atoms with Crippen LogP contribution < -0.4 is 5.32 Å². The van der Waals surface area contributed by atoms with E-state index >= 15 is 0 Å². The van der Waals surface area contributed by atoms with Gasteiger partial charge >= 0.3 is 0 Å². The van der Waals surface area contributed by atoms with Gasteiger partial charge in [-0.3, -0.25) is 4.79 Å². The number of aromatic nitrogens is 2. The summed E-state index contributed by atoms with van der Waals surface area (Å²) in [5.74, 6) is -0.0538. The van der Waals surface area contributed by atoms with Gasteiger partial charge in [-0.25, -0.2) is 4.68 Å². The third kappa shape index (κ3) is 3.81. The molecule has 0 aliphatic rings. The quantitative estimate of drug-likeness (QED) is 0.707. The zero-order valence-electron chi connectivity index (χ0n) is 13.4. The maximum Gasteiger partial charge on any atom is 0.224 e. The van der Waals surface area contributed by atoms with Crippen molar-refractivity contribution in [2.45, 2.75) is 19.8 Å². The second kappa shape index (κ2) is 7.00. The van der Waals surface area contributed by atoms with Gasteiger partial charge in [0, 0.05) is 12.6 Å². The van der Waals surface area contributed by atoms with Crippen LogP contribution in [0.4, 0.5) is 5.69 Å². The summed E-state index contributed by atoms with van der Waals surface area (Å²) in [6, 6.07) is 15.0. The molecule has 2 aromatic carbocycles. The van der Waals surface area contributed by atoms with Crippen LogP contribution in [-0.4, -0.2) is 20.8 Å². The van der Waals surface area contributed by atoms with Crippen LogP contribution in [0.15, 0.2) is 60.9 Å². The molecule has 5 heteroatoms. The predicted octanol–water partition coefficient (Wildman–Crippen LogP) is 3.46. The van der Waals surface area contributed by atoms with Gasteiger partial charge in [0.05, 0.1) is 17.6 Å². The highest BCUT2D eigenvalue weighted by atomic mass is 16.3. The summed E-state index contributed by atoms with van der Waals surface area (Å²) in [5.41, 5.74) is 3.35. The summed E-state index contributed by atoms with van der Waals surface area (Å²) in [4.78, 5) is 12.1. The first-order valence-electron chi connectivity index (χ1n) is 7.80. The van der Waals surface area contributed by atoms with Crippen LogP contribution in [0.25, 0.3) is 5.69 Å². The minimum absolute atomic E-state index is 0.0836. The van der Waals surface area contributed by atoms with E-state index in [1.807, 2.05) is 49.5 Å². The third-order valence-corrected chi connectivity index (χ3v) is 3.72. The first-order chi connectivity index (χ1) is 11.6. The third-order valence-electron chi connectivity index (χ3n) is 3.72. The van der Waals surface area contributed by atoms with Crippen LogP contribution >= 0.6 is 0 Å². The van der Waals surface area contributed by atoms with E-state index in [0.717, 1.165) is 16.8 Å². The van der Waals surface area contributed by atoms with E-state index in [2.05, 4.69) is 10.4 Å². The Morgan fingerprint density at radius 1 is 1.21 bits per heavy atom. The molecular weight excluding hydrogens is 302 g/mol.